The van der Waals surface area contributed by atoms with E-state index >= 15 is 0 Å². The number of amides is 7. The minimum Gasteiger partial charge on any atom is -0.461 e. The molecule has 1 aliphatic heterocycles. The van der Waals surface area contributed by atoms with Crippen LogP contribution < -0.4 is 32.7 Å². The molecule has 0 aromatic heterocycles. The van der Waals surface area contributed by atoms with Crippen molar-refractivity contribution in [1.29, 1.82) is 0 Å². The van der Waals surface area contributed by atoms with Crippen LogP contribution >= 0.6 is 0 Å². The first kappa shape index (κ1) is 43.5. The summed E-state index contributed by atoms with van der Waals surface area (Å²) in [6.07, 6.45) is 2.08. The van der Waals surface area contributed by atoms with Gasteiger partial charge < -0.3 is 37.5 Å². The Balaban J connectivity index is 0.00000192. The first-order valence-corrected chi connectivity index (χ1v) is 16.3. The molecule has 1 aliphatic rings. The largest absolute Gasteiger partial charge is 0.461 e. The molecule has 48 heavy (non-hydrogen) atoms. The van der Waals surface area contributed by atoms with Crippen LogP contribution in [0.3, 0.4) is 0 Å². The van der Waals surface area contributed by atoms with E-state index in [0.717, 1.165) is 23.4 Å². The molecule has 15 nitrogen and oxygen atoms in total. The molecule has 1 fully saturated rings. The molecule has 0 bridgehead atoms. The molecule has 7 amide bonds. The minimum absolute atomic E-state index is 0.0203. The number of imide groups is 1. The molecule has 0 spiro atoms. The molecule has 0 aliphatic carbocycles. The second-order valence-corrected chi connectivity index (χ2v) is 11.7. The standard InChI is InChI=1S/C27H38N4O7.C4H10N2O.C2H7N/c1-6-7-24(35)38-15-18-8-10-19(11-9-18)29-21(32)13-28-26(36)25(17(4)5)30-22(33)14-31-23(34)12-20(16(2)3)27(31)37;1-2-3-6-4(5)7;1-2-3/h8-11,16-17,20,25H,6-7,12-15H2,1-5H3,(H,28,36)(H,29,32)(H,30,33);2-3H2,1H3,(H3,5,6,7);2-3H2,1H3. The summed E-state index contributed by atoms with van der Waals surface area (Å²) in [5.74, 6) is -3.50. The van der Waals surface area contributed by atoms with Crippen LogP contribution in [0.1, 0.15) is 79.7 Å². The number of likely N-dealkylation sites (tertiary alicyclic amines) is 1. The molecule has 2 unspecified atom stereocenters. The Bertz CT molecular complexity index is 1200. The third kappa shape index (κ3) is 17.4. The van der Waals surface area contributed by atoms with Gasteiger partial charge in [-0.15, -0.1) is 0 Å². The smallest absolute Gasteiger partial charge is 0.312 e. The number of anilines is 1. The quantitative estimate of drug-likeness (QED) is 0.117. The summed E-state index contributed by atoms with van der Waals surface area (Å²) < 4.78 is 5.15. The topological polar surface area (TPSA) is 232 Å². The molecule has 270 valence electrons. The summed E-state index contributed by atoms with van der Waals surface area (Å²) in [7, 11) is 0. The van der Waals surface area contributed by atoms with E-state index in [1.54, 1.807) is 38.1 Å². The van der Waals surface area contributed by atoms with Gasteiger partial charge in [-0.1, -0.05) is 60.6 Å². The van der Waals surface area contributed by atoms with Gasteiger partial charge in [0.25, 0.3) is 0 Å². The lowest BCUT2D eigenvalue weighted by molar-refractivity contribution is -0.145. The Labute approximate surface area is 283 Å². The van der Waals surface area contributed by atoms with Gasteiger partial charge >= 0.3 is 12.0 Å². The van der Waals surface area contributed by atoms with E-state index in [4.69, 9.17) is 16.2 Å². The van der Waals surface area contributed by atoms with Crippen LogP contribution in [0.15, 0.2) is 24.3 Å². The third-order valence-corrected chi connectivity index (χ3v) is 6.71. The van der Waals surface area contributed by atoms with Crippen molar-refractivity contribution in [1.82, 2.24) is 20.9 Å². The summed E-state index contributed by atoms with van der Waals surface area (Å²) >= 11 is 0. The zero-order valence-corrected chi connectivity index (χ0v) is 29.4. The van der Waals surface area contributed by atoms with Gasteiger partial charge in [-0.25, -0.2) is 4.79 Å². The number of hydrogen-bond acceptors (Lipinski definition) is 9. The van der Waals surface area contributed by atoms with E-state index in [-0.39, 0.29) is 43.3 Å². The van der Waals surface area contributed by atoms with Crippen molar-refractivity contribution in [2.75, 3.05) is 31.5 Å². The predicted molar refractivity (Wildman–Crippen MR) is 182 cm³/mol. The molecule has 1 saturated heterocycles. The van der Waals surface area contributed by atoms with Gasteiger partial charge in [-0.2, -0.15) is 0 Å². The first-order valence-electron chi connectivity index (χ1n) is 16.3. The highest BCUT2D eigenvalue weighted by Crippen LogP contribution is 2.26. The lowest BCUT2D eigenvalue weighted by Crippen LogP contribution is -2.53. The number of nitrogens with one attached hydrogen (secondary N) is 4. The highest BCUT2D eigenvalue weighted by atomic mass is 16.5. The third-order valence-electron chi connectivity index (χ3n) is 6.71. The maximum atomic E-state index is 12.7. The lowest BCUT2D eigenvalue weighted by atomic mass is 9.94. The molecule has 0 saturated carbocycles. The van der Waals surface area contributed by atoms with Gasteiger partial charge in [0, 0.05) is 31.0 Å². The zero-order chi connectivity index (χ0) is 36.8. The molecule has 15 heteroatoms. The second kappa shape index (κ2) is 23.7. The fourth-order valence-electron chi connectivity index (χ4n) is 4.15. The van der Waals surface area contributed by atoms with Crippen molar-refractivity contribution in [3.63, 3.8) is 0 Å². The Kier molecular flexibility index (Phi) is 21.5. The van der Waals surface area contributed by atoms with Crippen molar-refractivity contribution in [2.24, 2.45) is 29.2 Å². The number of carbonyl (C=O) groups excluding carboxylic acids is 7. The average molecular weight is 678 g/mol. The molecular formula is C33H55N7O8. The summed E-state index contributed by atoms with van der Waals surface area (Å²) in [4.78, 5) is 84.5. The zero-order valence-electron chi connectivity index (χ0n) is 29.4. The fraction of sp³-hybridized carbons (Fsp3) is 0.606. The number of ether oxygens (including phenoxy) is 1. The monoisotopic (exact) mass is 677 g/mol. The number of nitrogens with two attached hydrogens (primary N) is 2. The molecule has 8 N–H and O–H groups in total. The summed E-state index contributed by atoms with van der Waals surface area (Å²) in [5, 5.41) is 10.2. The van der Waals surface area contributed by atoms with Crippen molar-refractivity contribution in [3.8, 4) is 0 Å². The Morgan fingerprint density at radius 1 is 0.938 bits per heavy atom. The van der Waals surface area contributed by atoms with Gasteiger partial charge in [-0.3, -0.25) is 33.7 Å². The maximum absolute atomic E-state index is 12.7. The summed E-state index contributed by atoms with van der Waals surface area (Å²) in [6.45, 7) is 13.7. The maximum Gasteiger partial charge on any atom is 0.312 e. The van der Waals surface area contributed by atoms with Crippen molar-refractivity contribution in [3.05, 3.63) is 29.8 Å². The number of carbonyl (C=O) groups is 7. The Morgan fingerprint density at radius 2 is 1.54 bits per heavy atom. The van der Waals surface area contributed by atoms with E-state index in [1.807, 2.05) is 34.6 Å². The molecule has 1 aromatic rings. The first-order chi connectivity index (χ1) is 22.6. The van der Waals surface area contributed by atoms with Gasteiger partial charge in [0.2, 0.25) is 29.5 Å². The van der Waals surface area contributed by atoms with E-state index in [1.165, 1.54) is 0 Å². The van der Waals surface area contributed by atoms with Crippen LogP contribution in [-0.4, -0.2) is 78.7 Å². The van der Waals surface area contributed by atoms with Crippen molar-refractivity contribution in [2.45, 2.75) is 86.8 Å². The Morgan fingerprint density at radius 3 is 2.00 bits per heavy atom. The Hall–Kier alpha value is -4.53. The van der Waals surface area contributed by atoms with E-state index < -0.39 is 48.2 Å². The number of nitrogens with zero attached hydrogens (tertiary/aromatic N) is 1. The summed E-state index contributed by atoms with van der Waals surface area (Å²) in [5.41, 5.74) is 10.8. The number of primary amides is 1. The normalized spacial score (nSPS) is 14.2. The molecule has 0 radical (unpaired) electrons. The SMILES string of the molecule is CCCC(=O)OCc1ccc(NC(=O)CNC(=O)C(NC(=O)CN2C(=O)CC(C(C)C)C2=O)C(C)C)cc1.CCCNC(N)=O.CCN. The van der Waals surface area contributed by atoms with E-state index in [9.17, 15) is 33.6 Å². The predicted octanol–water partition coefficient (Wildman–Crippen LogP) is 1.79. The van der Waals surface area contributed by atoms with Crippen molar-refractivity contribution >= 4 is 47.2 Å². The molecule has 1 aromatic carbocycles. The number of rotatable bonds is 15. The molecule has 1 heterocycles. The van der Waals surface area contributed by atoms with Crippen LogP contribution in [-0.2, 0) is 40.1 Å². The van der Waals surface area contributed by atoms with Gasteiger partial charge in [0.1, 0.15) is 19.2 Å². The van der Waals surface area contributed by atoms with Crippen LogP contribution in [0.25, 0.3) is 0 Å². The lowest BCUT2D eigenvalue weighted by Gasteiger charge is -2.23. The molecule has 2 rings (SSSR count). The van der Waals surface area contributed by atoms with Crippen molar-refractivity contribution < 1.29 is 38.3 Å². The van der Waals surface area contributed by atoms with Crippen LogP contribution in [0.5, 0.6) is 0 Å². The summed E-state index contributed by atoms with van der Waals surface area (Å²) in [6, 6.07) is 5.35. The van der Waals surface area contributed by atoms with E-state index in [2.05, 4.69) is 21.3 Å². The van der Waals surface area contributed by atoms with E-state index in [0.29, 0.717) is 25.1 Å². The number of urea groups is 1. The highest BCUT2D eigenvalue weighted by molar-refractivity contribution is 6.06. The second-order valence-electron chi connectivity index (χ2n) is 11.7. The fourth-order valence-corrected chi connectivity index (χ4v) is 4.15. The van der Waals surface area contributed by atoms with Crippen LogP contribution in [0, 0.1) is 17.8 Å². The molecular weight excluding hydrogens is 622 g/mol. The van der Waals surface area contributed by atoms with Crippen LogP contribution in [0.2, 0.25) is 0 Å². The average Bonchev–Trinajstić information content (AvgIpc) is 3.30. The van der Waals surface area contributed by atoms with Crippen LogP contribution in [0.4, 0.5) is 10.5 Å². The number of benzene rings is 1. The highest BCUT2D eigenvalue weighted by Gasteiger charge is 2.41. The minimum atomic E-state index is -0.960. The number of esters is 1. The number of hydrogen-bond donors (Lipinski definition) is 6. The van der Waals surface area contributed by atoms with Gasteiger partial charge in [0.15, 0.2) is 0 Å². The van der Waals surface area contributed by atoms with Gasteiger partial charge in [0.05, 0.1) is 6.54 Å². The molecule has 2 atom stereocenters. The van der Waals surface area contributed by atoms with Gasteiger partial charge in [-0.05, 0) is 48.9 Å².